The fourth-order valence-electron chi connectivity index (χ4n) is 4.11. The van der Waals surface area contributed by atoms with E-state index >= 15 is 0 Å². The fraction of sp³-hybridized carbons (Fsp3) is 0.120. The number of thiocarbonyl (C=S) groups is 1. The van der Waals surface area contributed by atoms with E-state index in [1.54, 1.807) is 24.4 Å². The number of hydrogen-bond donors (Lipinski definition) is 2. The van der Waals surface area contributed by atoms with Gasteiger partial charge in [-0.2, -0.15) is 0 Å². The predicted molar refractivity (Wildman–Crippen MR) is 135 cm³/mol. The van der Waals surface area contributed by atoms with E-state index in [2.05, 4.69) is 10.3 Å². The summed E-state index contributed by atoms with van der Waals surface area (Å²) in [6.45, 7) is 2.01. The molecule has 1 saturated heterocycles. The quantitative estimate of drug-likeness (QED) is 0.302. The standard InChI is InChI=1S/C25H19Cl2N3O2S/c1-14-5-6-15(26)12-17(14)21-9-10-22(32-21)24-23(18-4-2-3-11-28-18)29-25(33)30(24)19-13-16(27)7-8-20(19)31/h2-13,23-24,31H,1H3,(H,29,33)/t23-,24+/m0/s1. The van der Waals surface area contributed by atoms with Gasteiger partial charge >= 0.3 is 0 Å². The molecule has 5 rings (SSSR count). The van der Waals surface area contributed by atoms with Gasteiger partial charge in [-0.3, -0.25) is 4.98 Å². The molecule has 0 saturated carbocycles. The van der Waals surface area contributed by atoms with Gasteiger partial charge in [0.2, 0.25) is 0 Å². The third-order valence-corrected chi connectivity index (χ3v) is 6.46. The van der Waals surface area contributed by atoms with Crippen LogP contribution >= 0.6 is 35.4 Å². The topological polar surface area (TPSA) is 61.5 Å². The number of phenols is 1. The molecule has 2 aromatic heterocycles. The van der Waals surface area contributed by atoms with Gasteiger partial charge < -0.3 is 19.7 Å². The van der Waals surface area contributed by atoms with E-state index in [0.29, 0.717) is 32.4 Å². The van der Waals surface area contributed by atoms with E-state index in [9.17, 15) is 5.11 Å². The Hall–Kier alpha value is -3.06. The molecule has 0 aliphatic carbocycles. The number of pyridine rings is 1. The lowest BCUT2D eigenvalue weighted by Gasteiger charge is -2.26. The van der Waals surface area contributed by atoms with E-state index < -0.39 is 6.04 Å². The molecular weight excluding hydrogens is 477 g/mol. The van der Waals surface area contributed by atoms with Crippen molar-refractivity contribution in [1.82, 2.24) is 10.3 Å². The van der Waals surface area contributed by atoms with Crippen LogP contribution in [0.4, 0.5) is 5.69 Å². The SMILES string of the molecule is Cc1ccc(Cl)cc1-c1ccc([C@@H]2[C@H](c3ccccn3)NC(=S)N2c2cc(Cl)ccc2O)o1. The second kappa shape index (κ2) is 8.71. The number of furan rings is 1. The van der Waals surface area contributed by atoms with Crippen LogP contribution in [-0.4, -0.2) is 15.2 Å². The van der Waals surface area contributed by atoms with Crippen LogP contribution in [0.5, 0.6) is 5.75 Å². The fourth-order valence-corrected chi connectivity index (χ4v) is 4.79. The zero-order valence-electron chi connectivity index (χ0n) is 17.5. The summed E-state index contributed by atoms with van der Waals surface area (Å²) in [5, 5.41) is 15.5. The average molecular weight is 496 g/mol. The molecule has 0 spiro atoms. The molecule has 3 heterocycles. The number of anilines is 1. The molecule has 4 aromatic rings. The van der Waals surface area contributed by atoms with E-state index in [1.165, 1.54) is 0 Å². The van der Waals surface area contributed by atoms with Gasteiger partial charge in [-0.1, -0.05) is 35.3 Å². The van der Waals surface area contributed by atoms with Crippen molar-refractivity contribution in [3.63, 3.8) is 0 Å². The van der Waals surface area contributed by atoms with Gasteiger partial charge in [0.1, 0.15) is 23.3 Å². The Morgan fingerprint density at radius 1 is 1.03 bits per heavy atom. The van der Waals surface area contributed by atoms with E-state index in [1.807, 2.05) is 60.4 Å². The van der Waals surface area contributed by atoms with Gasteiger partial charge in [-0.05, 0) is 79.3 Å². The van der Waals surface area contributed by atoms with Crippen molar-refractivity contribution in [1.29, 1.82) is 0 Å². The smallest absolute Gasteiger partial charge is 0.174 e. The maximum atomic E-state index is 10.6. The minimum Gasteiger partial charge on any atom is -0.506 e. The molecule has 0 radical (unpaired) electrons. The molecule has 0 amide bonds. The second-order valence-corrected chi connectivity index (χ2v) is 9.05. The first-order chi connectivity index (χ1) is 15.9. The van der Waals surface area contributed by atoms with Crippen LogP contribution in [0, 0.1) is 6.92 Å². The number of aromatic hydroxyl groups is 1. The number of halogens is 2. The molecule has 8 heteroatoms. The Kier molecular flexibility index (Phi) is 5.74. The van der Waals surface area contributed by atoms with Crippen LogP contribution in [0.15, 0.2) is 77.3 Å². The molecule has 33 heavy (non-hydrogen) atoms. The molecule has 1 fully saturated rings. The van der Waals surface area contributed by atoms with Gasteiger partial charge in [0.15, 0.2) is 5.11 Å². The number of aromatic nitrogens is 1. The molecule has 1 aliphatic rings. The summed E-state index contributed by atoms with van der Waals surface area (Å²) in [7, 11) is 0. The molecule has 2 N–H and O–H groups in total. The summed E-state index contributed by atoms with van der Waals surface area (Å²) in [5.74, 6) is 1.41. The summed E-state index contributed by atoms with van der Waals surface area (Å²) in [5.41, 5.74) is 3.24. The average Bonchev–Trinajstić information content (AvgIpc) is 3.42. The summed E-state index contributed by atoms with van der Waals surface area (Å²) in [4.78, 5) is 6.36. The number of phenolic OH excluding ortho intramolecular Hbond substituents is 1. The molecular formula is C25H19Cl2N3O2S. The van der Waals surface area contributed by atoms with Crippen molar-refractivity contribution in [2.45, 2.75) is 19.0 Å². The number of aryl methyl sites for hydroxylation is 1. The van der Waals surface area contributed by atoms with Gasteiger partial charge in [0, 0.05) is 21.8 Å². The predicted octanol–water partition coefficient (Wildman–Crippen LogP) is 6.84. The number of nitrogens with zero attached hydrogens (tertiary/aromatic N) is 2. The van der Waals surface area contributed by atoms with Crippen molar-refractivity contribution >= 4 is 46.2 Å². The first-order valence-electron chi connectivity index (χ1n) is 10.3. The molecule has 2 atom stereocenters. The molecule has 1 aliphatic heterocycles. The summed E-state index contributed by atoms with van der Waals surface area (Å²) in [6, 6.07) is 19.4. The zero-order valence-corrected chi connectivity index (χ0v) is 19.8. The summed E-state index contributed by atoms with van der Waals surface area (Å²) in [6.07, 6.45) is 1.74. The number of benzene rings is 2. The largest absolute Gasteiger partial charge is 0.506 e. The van der Waals surface area contributed by atoms with Gasteiger partial charge in [0.25, 0.3) is 0 Å². The van der Waals surface area contributed by atoms with E-state index in [0.717, 1.165) is 16.8 Å². The Morgan fingerprint density at radius 2 is 1.82 bits per heavy atom. The third kappa shape index (κ3) is 4.06. The van der Waals surface area contributed by atoms with Crippen molar-refractivity contribution < 1.29 is 9.52 Å². The lowest BCUT2D eigenvalue weighted by atomic mass is 10.0. The highest BCUT2D eigenvalue weighted by Crippen LogP contribution is 2.46. The molecule has 5 nitrogen and oxygen atoms in total. The van der Waals surface area contributed by atoms with Crippen LogP contribution in [0.25, 0.3) is 11.3 Å². The normalized spacial score (nSPS) is 17.9. The minimum atomic E-state index is -0.412. The highest BCUT2D eigenvalue weighted by molar-refractivity contribution is 7.80. The van der Waals surface area contributed by atoms with Crippen molar-refractivity contribution in [3.05, 3.63) is 100.0 Å². The van der Waals surface area contributed by atoms with Crippen LogP contribution in [0.2, 0.25) is 10.0 Å². The zero-order chi connectivity index (χ0) is 23.1. The first kappa shape index (κ1) is 21.8. The molecule has 0 unspecified atom stereocenters. The van der Waals surface area contributed by atoms with Crippen molar-refractivity contribution in [2.75, 3.05) is 4.90 Å². The van der Waals surface area contributed by atoms with E-state index in [-0.39, 0.29) is 11.8 Å². The monoisotopic (exact) mass is 495 g/mol. The first-order valence-corrected chi connectivity index (χ1v) is 11.4. The Balaban J connectivity index is 1.64. The maximum Gasteiger partial charge on any atom is 0.174 e. The van der Waals surface area contributed by atoms with Crippen LogP contribution in [-0.2, 0) is 0 Å². The van der Waals surface area contributed by atoms with Crippen molar-refractivity contribution in [3.8, 4) is 17.1 Å². The van der Waals surface area contributed by atoms with E-state index in [4.69, 9.17) is 39.8 Å². The Bertz CT molecular complexity index is 1340. The lowest BCUT2D eigenvalue weighted by Crippen LogP contribution is -2.29. The lowest BCUT2D eigenvalue weighted by molar-refractivity contribution is 0.434. The third-order valence-electron chi connectivity index (χ3n) is 5.68. The van der Waals surface area contributed by atoms with Gasteiger partial charge in [-0.25, -0.2) is 0 Å². The number of nitrogens with one attached hydrogen (secondary N) is 1. The second-order valence-electron chi connectivity index (χ2n) is 7.79. The Labute approximate surface area is 206 Å². The van der Waals surface area contributed by atoms with Gasteiger partial charge in [0.05, 0.1) is 17.4 Å². The molecule has 166 valence electrons. The van der Waals surface area contributed by atoms with Crippen molar-refractivity contribution in [2.24, 2.45) is 0 Å². The number of rotatable bonds is 4. The summed E-state index contributed by atoms with van der Waals surface area (Å²) >= 11 is 18.2. The number of hydrogen-bond acceptors (Lipinski definition) is 4. The van der Waals surface area contributed by atoms with Crippen LogP contribution in [0.1, 0.15) is 29.1 Å². The maximum absolute atomic E-state index is 10.6. The van der Waals surface area contributed by atoms with Gasteiger partial charge in [-0.15, -0.1) is 0 Å². The van der Waals surface area contributed by atoms with Crippen LogP contribution in [0.3, 0.4) is 0 Å². The summed E-state index contributed by atoms with van der Waals surface area (Å²) < 4.78 is 6.37. The Morgan fingerprint density at radius 3 is 2.61 bits per heavy atom. The minimum absolute atomic E-state index is 0.0627. The molecule has 0 bridgehead atoms. The van der Waals surface area contributed by atoms with Crippen LogP contribution < -0.4 is 10.2 Å². The highest BCUT2D eigenvalue weighted by atomic mass is 35.5. The highest BCUT2D eigenvalue weighted by Gasteiger charge is 2.43. The molecule has 2 aromatic carbocycles.